The number of H-pyrrole nitrogens is 1. The van der Waals surface area contributed by atoms with Crippen molar-refractivity contribution in [2.75, 3.05) is 13.6 Å². The Hall–Kier alpha value is -3.58. The highest BCUT2D eigenvalue weighted by Crippen LogP contribution is 2.58. The molecule has 6 rings (SSSR count). The van der Waals surface area contributed by atoms with Crippen molar-refractivity contribution in [2.24, 2.45) is 0 Å². The molecule has 0 radical (unpaired) electrons. The minimum absolute atomic E-state index is 0.0543. The molecule has 0 aliphatic carbocycles. The maximum Gasteiger partial charge on any atom is 0.534 e. The number of ether oxygens (including phenoxy) is 1. The minimum Gasteiger partial charge on any atom is -0.444 e. The van der Waals surface area contributed by atoms with Crippen molar-refractivity contribution in [1.82, 2.24) is 19.8 Å². The van der Waals surface area contributed by atoms with E-state index in [2.05, 4.69) is 19.1 Å². The van der Waals surface area contributed by atoms with E-state index in [1.807, 2.05) is 52.1 Å². The van der Waals surface area contributed by atoms with Crippen molar-refractivity contribution in [2.45, 2.75) is 75.7 Å². The number of aromatic nitrogens is 2. The van der Waals surface area contributed by atoms with Crippen molar-refractivity contribution in [3.63, 3.8) is 0 Å². The second-order valence-corrected chi connectivity index (χ2v) is 13.8. The highest BCUT2D eigenvalue weighted by Gasteiger charge is 2.51. The number of nitrogens with zero attached hydrogens (tertiary/aromatic N) is 3. The molecule has 2 unspecified atom stereocenters. The van der Waals surface area contributed by atoms with Crippen LogP contribution >= 0.6 is 0 Å². The third kappa shape index (κ3) is 5.26. The van der Waals surface area contributed by atoms with Gasteiger partial charge in [-0.1, -0.05) is 30.3 Å². The summed E-state index contributed by atoms with van der Waals surface area (Å²) in [6.45, 7) is 6.10. The molecule has 13 heteroatoms. The first-order valence-corrected chi connectivity index (χ1v) is 15.6. The van der Waals surface area contributed by atoms with E-state index in [1.165, 1.54) is 6.07 Å². The van der Waals surface area contributed by atoms with Gasteiger partial charge in [-0.3, -0.25) is 9.80 Å². The van der Waals surface area contributed by atoms with Gasteiger partial charge in [-0.05, 0) is 81.8 Å². The number of nitrogens with one attached hydrogen (secondary N) is 1. The Labute approximate surface area is 248 Å². The van der Waals surface area contributed by atoms with Gasteiger partial charge in [0.2, 0.25) is 0 Å². The van der Waals surface area contributed by atoms with Crippen LogP contribution in [0.25, 0.3) is 22.4 Å². The number of fused-ring (bicyclic) bond motifs is 5. The Bertz CT molecular complexity index is 1660. The molecule has 43 heavy (non-hydrogen) atoms. The molecule has 1 aromatic heterocycles. The summed E-state index contributed by atoms with van der Waals surface area (Å²) < 4.78 is 73.2. The predicted molar refractivity (Wildman–Crippen MR) is 152 cm³/mol. The molecule has 2 fully saturated rings. The van der Waals surface area contributed by atoms with E-state index in [1.54, 1.807) is 17.2 Å². The zero-order valence-electron chi connectivity index (χ0n) is 24.2. The van der Waals surface area contributed by atoms with Gasteiger partial charge in [0, 0.05) is 24.2 Å². The molecule has 2 bridgehead atoms. The Morgan fingerprint density at radius 2 is 1.60 bits per heavy atom. The Balaban J connectivity index is 1.27. The van der Waals surface area contributed by atoms with E-state index in [9.17, 15) is 26.4 Å². The van der Waals surface area contributed by atoms with Crippen molar-refractivity contribution in [3.05, 3.63) is 59.5 Å². The number of imidazole rings is 1. The summed E-state index contributed by atoms with van der Waals surface area (Å²) in [6, 6.07) is 10.2. The number of carbonyl (C=O) groups is 1. The van der Waals surface area contributed by atoms with Gasteiger partial charge in [0.1, 0.15) is 17.2 Å². The first-order chi connectivity index (χ1) is 20.1. The molecule has 4 heterocycles. The number of halogens is 3. The van der Waals surface area contributed by atoms with Crippen molar-refractivity contribution in [3.8, 4) is 28.1 Å². The topological polar surface area (TPSA) is 105 Å². The van der Waals surface area contributed by atoms with Gasteiger partial charge >= 0.3 is 21.7 Å². The maximum absolute atomic E-state index is 13.1. The summed E-state index contributed by atoms with van der Waals surface area (Å²) in [5.74, 6) is 0.410. The zero-order chi connectivity index (χ0) is 30.9. The number of hydrogen-bond donors (Lipinski definition) is 1. The van der Waals surface area contributed by atoms with Crippen LogP contribution in [0.15, 0.2) is 42.6 Å². The first-order valence-electron chi connectivity index (χ1n) is 14.2. The van der Waals surface area contributed by atoms with Crippen molar-refractivity contribution in [1.29, 1.82) is 0 Å². The van der Waals surface area contributed by atoms with E-state index < -0.39 is 21.2 Å². The number of benzene rings is 2. The zero-order valence-corrected chi connectivity index (χ0v) is 25.1. The molecule has 3 aliphatic heterocycles. The van der Waals surface area contributed by atoms with Crippen LogP contribution in [0, 0.1) is 0 Å². The van der Waals surface area contributed by atoms with E-state index >= 15 is 0 Å². The smallest absolute Gasteiger partial charge is 0.444 e. The molecule has 3 aromatic rings. The molecule has 1 amide bonds. The summed E-state index contributed by atoms with van der Waals surface area (Å²) in [5.41, 5.74) is -1.50. The highest BCUT2D eigenvalue weighted by atomic mass is 32.2. The third-order valence-electron chi connectivity index (χ3n) is 8.39. The van der Waals surface area contributed by atoms with Gasteiger partial charge in [-0.15, -0.1) is 0 Å². The second kappa shape index (κ2) is 10.3. The average Bonchev–Trinajstić information content (AvgIpc) is 3.71. The minimum atomic E-state index is -5.80. The van der Waals surface area contributed by atoms with Gasteiger partial charge in [-0.25, -0.2) is 9.78 Å². The van der Waals surface area contributed by atoms with Crippen LogP contribution in [-0.4, -0.2) is 59.0 Å². The van der Waals surface area contributed by atoms with E-state index in [4.69, 9.17) is 4.74 Å². The van der Waals surface area contributed by atoms with Gasteiger partial charge in [0.25, 0.3) is 0 Å². The molecular weight excluding hydrogens is 585 g/mol. The molecule has 3 aliphatic rings. The summed E-state index contributed by atoms with van der Waals surface area (Å²) in [4.78, 5) is 24.4. The lowest BCUT2D eigenvalue weighted by molar-refractivity contribution is -0.0500. The maximum atomic E-state index is 13.1. The number of carbonyl (C=O) groups excluding carboxylic acids is 1. The monoisotopic (exact) mass is 618 g/mol. The van der Waals surface area contributed by atoms with Crippen LogP contribution < -0.4 is 4.18 Å². The fourth-order valence-corrected chi connectivity index (χ4v) is 6.99. The number of alkyl halides is 3. The molecule has 3 atom stereocenters. The van der Waals surface area contributed by atoms with Crippen LogP contribution in [0.3, 0.4) is 0 Å². The van der Waals surface area contributed by atoms with Crippen LogP contribution in [0.2, 0.25) is 0 Å². The van der Waals surface area contributed by atoms with E-state index in [0.29, 0.717) is 24.4 Å². The lowest BCUT2D eigenvalue weighted by Crippen LogP contribution is -2.36. The largest absolute Gasteiger partial charge is 0.534 e. The van der Waals surface area contributed by atoms with Crippen LogP contribution in [0.4, 0.5) is 18.0 Å². The van der Waals surface area contributed by atoms with Gasteiger partial charge < -0.3 is 13.9 Å². The second-order valence-electron chi connectivity index (χ2n) is 12.3. The summed E-state index contributed by atoms with van der Waals surface area (Å²) in [6.07, 6.45) is 4.50. The number of aromatic amines is 1. The van der Waals surface area contributed by atoms with Gasteiger partial charge in [-0.2, -0.15) is 21.6 Å². The number of hydrogen-bond acceptors (Lipinski definition) is 7. The molecule has 0 spiro atoms. The van der Waals surface area contributed by atoms with E-state index in [-0.39, 0.29) is 30.0 Å². The molecule has 9 nitrogen and oxygen atoms in total. The van der Waals surface area contributed by atoms with Crippen LogP contribution in [0.5, 0.6) is 5.75 Å². The van der Waals surface area contributed by atoms with Crippen molar-refractivity contribution >= 4 is 16.2 Å². The van der Waals surface area contributed by atoms with Gasteiger partial charge in [0.15, 0.2) is 0 Å². The SMILES string of the molecule is CN1C2CCC1c1c(-c3ccc(-c4cnc([C@@H]5CCCN5C(=O)OC(C)(C)C)[nH]4)cc3)ccc(OS(=O)(=O)C(F)(F)F)c12. The fourth-order valence-electron chi connectivity index (χ4n) is 6.52. The summed E-state index contributed by atoms with van der Waals surface area (Å²) in [5, 5.41) is 0. The van der Waals surface area contributed by atoms with E-state index in [0.717, 1.165) is 47.2 Å². The lowest BCUT2D eigenvalue weighted by Gasteiger charge is -2.27. The number of likely N-dealkylation sites (tertiary alicyclic amines) is 1. The third-order valence-corrected chi connectivity index (χ3v) is 9.36. The number of amides is 1. The fraction of sp³-hybridized carbons (Fsp3) is 0.467. The summed E-state index contributed by atoms with van der Waals surface area (Å²) >= 11 is 0. The lowest BCUT2D eigenvalue weighted by atomic mass is 9.85. The Morgan fingerprint density at radius 1 is 0.953 bits per heavy atom. The normalized spacial score (nSPS) is 22.2. The van der Waals surface area contributed by atoms with Crippen LogP contribution in [-0.2, 0) is 14.9 Å². The van der Waals surface area contributed by atoms with Gasteiger partial charge in [0.05, 0.1) is 17.9 Å². The Kier molecular flexibility index (Phi) is 7.03. The standard InChI is InChI=1S/C30H33F3N4O5S/c1-29(2,3)41-28(38)37-15-5-6-23(37)27-34-16-20(35-27)18-9-7-17(8-10-18)19-11-14-24(42-43(39,40)30(31,32)33)26-22-13-12-21(25(19)26)36(22)4/h7-11,14,16,21-23H,5-6,12-13,15H2,1-4H3,(H,34,35)/t21?,22?,23-/m0/s1. The predicted octanol–water partition coefficient (Wildman–Crippen LogP) is 6.87. The molecule has 230 valence electrons. The molecule has 2 aromatic carbocycles. The molecule has 0 saturated carbocycles. The molecular formula is C30H33F3N4O5S. The Morgan fingerprint density at radius 3 is 2.26 bits per heavy atom. The summed E-state index contributed by atoms with van der Waals surface area (Å²) in [7, 11) is -3.91. The average molecular weight is 619 g/mol. The quantitative estimate of drug-likeness (QED) is 0.246. The molecule has 1 N–H and O–H groups in total. The highest BCUT2D eigenvalue weighted by molar-refractivity contribution is 7.88. The van der Waals surface area contributed by atoms with Crippen LogP contribution in [0.1, 0.15) is 81.5 Å². The first kappa shape index (κ1) is 29.5. The number of rotatable bonds is 5. The molecule has 2 saturated heterocycles. The van der Waals surface area contributed by atoms with Crippen molar-refractivity contribution < 1.29 is 35.3 Å².